The summed E-state index contributed by atoms with van der Waals surface area (Å²) < 4.78 is 4.53. The maximum atomic E-state index is 8.20. The summed E-state index contributed by atoms with van der Waals surface area (Å²) in [6.07, 6.45) is 3.20. The van der Waals surface area contributed by atoms with Crippen LogP contribution in [-0.4, -0.2) is 12.7 Å². The Bertz CT molecular complexity index is 271. The molecule has 0 saturated carbocycles. The first kappa shape index (κ1) is 8.88. The molecule has 0 aliphatic heterocycles. The van der Waals surface area contributed by atoms with Gasteiger partial charge in [-0.3, -0.25) is 0 Å². The minimum Gasteiger partial charge on any atom is -0.543 e. The molecule has 12 heavy (non-hydrogen) atoms. The fraction of sp³-hybridized carbons (Fsp3) is 0.111. The second-order valence-electron chi connectivity index (χ2n) is 2.46. The molecule has 0 fully saturated rings. The smallest absolute Gasteiger partial charge is 0.543 e. The molecule has 1 aromatic rings. The molecular formula is C9H10BO2. The van der Waals surface area contributed by atoms with E-state index in [0.717, 1.165) is 5.56 Å². The van der Waals surface area contributed by atoms with E-state index < -0.39 is 0 Å². The molecule has 0 saturated heterocycles. The van der Waals surface area contributed by atoms with Crippen molar-refractivity contribution in [2.75, 3.05) is 0 Å². The van der Waals surface area contributed by atoms with Crippen LogP contribution in [0.2, 0.25) is 0 Å². The Hall–Kier alpha value is -1.22. The van der Waals surface area contributed by atoms with Crippen LogP contribution < -0.4 is 0 Å². The number of aryl methyl sites for hydroxylation is 1. The number of hydrogen-bond donors (Lipinski definition) is 1. The van der Waals surface area contributed by atoms with Gasteiger partial charge in [0, 0.05) is 0 Å². The molecule has 0 aliphatic rings. The fourth-order valence-electron chi connectivity index (χ4n) is 0.927. The predicted octanol–water partition coefficient (Wildman–Crippen LogP) is 1.51. The van der Waals surface area contributed by atoms with Gasteiger partial charge in [0.2, 0.25) is 0 Å². The van der Waals surface area contributed by atoms with Crippen molar-refractivity contribution < 1.29 is 9.68 Å². The van der Waals surface area contributed by atoms with E-state index in [1.165, 1.54) is 11.8 Å². The van der Waals surface area contributed by atoms with Crippen LogP contribution in [0.5, 0.6) is 0 Å². The van der Waals surface area contributed by atoms with E-state index in [1.54, 1.807) is 6.08 Å². The molecule has 61 valence electrons. The third kappa shape index (κ3) is 2.80. The second-order valence-corrected chi connectivity index (χ2v) is 2.46. The van der Waals surface area contributed by atoms with Crippen molar-refractivity contribution >= 4 is 13.8 Å². The molecular weight excluding hydrogens is 151 g/mol. The van der Waals surface area contributed by atoms with Crippen LogP contribution in [0.15, 0.2) is 30.5 Å². The summed E-state index contributed by atoms with van der Waals surface area (Å²) in [5, 5.41) is 8.20. The van der Waals surface area contributed by atoms with Crippen molar-refractivity contribution in [1.82, 2.24) is 0 Å². The van der Waals surface area contributed by atoms with Gasteiger partial charge in [0.25, 0.3) is 0 Å². The summed E-state index contributed by atoms with van der Waals surface area (Å²) in [6, 6.07) is 7.98. The van der Waals surface area contributed by atoms with Crippen molar-refractivity contribution in [3.05, 3.63) is 41.7 Å². The van der Waals surface area contributed by atoms with Crippen molar-refractivity contribution in [3.8, 4) is 0 Å². The van der Waals surface area contributed by atoms with Crippen LogP contribution in [0.25, 0.3) is 6.08 Å². The molecule has 0 unspecified atom stereocenters. The Morgan fingerprint density at radius 2 is 2.33 bits per heavy atom. The van der Waals surface area contributed by atoms with Gasteiger partial charge in [-0.05, 0) is 18.6 Å². The molecule has 0 heterocycles. The van der Waals surface area contributed by atoms with Gasteiger partial charge in [-0.15, -0.1) is 0 Å². The van der Waals surface area contributed by atoms with Gasteiger partial charge in [-0.2, -0.15) is 0 Å². The molecule has 0 bridgehead atoms. The number of benzene rings is 1. The van der Waals surface area contributed by atoms with E-state index >= 15 is 0 Å². The number of rotatable bonds is 3. The van der Waals surface area contributed by atoms with Gasteiger partial charge >= 0.3 is 7.69 Å². The highest BCUT2D eigenvalue weighted by Crippen LogP contribution is 2.05. The topological polar surface area (TPSA) is 29.5 Å². The van der Waals surface area contributed by atoms with E-state index in [4.69, 9.17) is 5.02 Å². The molecule has 1 radical (unpaired) electrons. The molecule has 0 amide bonds. The van der Waals surface area contributed by atoms with Crippen molar-refractivity contribution in [3.63, 3.8) is 0 Å². The lowest BCUT2D eigenvalue weighted by atomic mass is 10.1. The molecule has 1 rings (SSSR count). The van der Waals surface area contributed by atoms with Crippen LogP contribution in [0.4, 0.5) is 0 Å². The molecule has 0 aliphatic carbocycles. The van der Waals surface area contributed by atoms with E-state index in [-0.39, 0.29) is 0 Å². The van der Waals surface area contributed by atoms with Gasteiger partial charge in [0.1, 0.15) is 0 Å². The molecule has 3 heteroatoms. The average Bonchev–Trinajstić information content (AvgIpc) is 2.05. The minimum atomic E-state index is 0.645. The zero-order valence-corrected chi connectivity index (χ0v) is 6.90. The summed E-state index contributed by atoms with van der Waals surface area (Å²) in [6.45, 7) is 2.02. The monoisotopic (exact) mass is 161 g/mol. The molecule has 1 N–H and O–H groups in total. The SMILES string of the molecule is Cc1cccc(/C=C/O[B]O)c1. The Labute approximate surface area is 72.8 Å². The average molecular weight is 161 g/mol. The van der Waals surface area contributed by atoms with Crippen molar-refractivity contribution in [2.24, 2.45) is 0 Å². The molecule has 1 aromatic carbocycles. The second kappa shape index (κ2) is 4.62. The summed E-state index contributed by atoms with van der Waals surface area (Å²) >= 11 is 0. The zero-order chi connectivity index (χ0) is 8.81. The normalized spacial score (nSPS) is 10.2. The van der Waals surface area contributed by atoms with Crippen LogP contribution in [-0.2, 0) is 4.65 Å². The minimum absolute atomic E-state index is 0.645. The van der Waals surface area contributed by atoms with Gasteiger partial charge < -0.3 is 9.68 Å². The third-order valence-electron chi connectivity index (χ3n) is 1.44. The molecule has 2 nitrogen and oxygen atoms in total. The van der Waals surface area contributed by atoms with Crippen LogP contribution in [0, 0.1) is 6.92 Å². The van der Waals surface area contributed by atoms with Gasteiger partial charge in [-0.1, -0.05) is 29.8 Å². The standard InChI is InChI=1S/C9H10BO2/c1-8-3-2-4-9(7-8)5-6-12-10-11/h2-7,11H,1H3/b6-5+. The van der Waals surface area contributed by atoms with Gasteiger partial charge in [0.05, 0.1) is 6.26 Å². The Balaban J connectivity index is 2.63. The Morgan fingerprint density at radius 1 is 1.50 bits per heavy atom. The lowest BCUT2D eigenvalue weighted by molar-refractivity contribution is 0.408. The first-order valence-corrected chi connectivity index (χ1v) is 3.67. The summed E-state index contributed by atoms with van der Waals surface area (Å²) in [5.74, 6) is 0. The van der Waals surface area contributed by atoms with Crippen molar-refractivity contribution in [2.45, 2.75) is 6.92 Å². The first-order chi connectivity index (χ1) is 5.83. The van der Waals surface area contributed by atoms with E-state index in [0.29, 0.717) is 7.69 Å². The Morgan fingerprint density at radius 3 is 3.00 bits per heavy atom. The zero-order valence-electron chi connectivity index (χ0n) is 6.90. The lowest BCUT2D eigenvalue weighted by Gasteiger charge is -1.95. The maximum Gasteiger partial charge on any atom is 0.569 e. The third-order valence-corrected chi connectivity index (χ3v) is 1.44. The quantitative estimate of drug-likeness (QED) is 0.537. The summed E-state index contributed by atoms with van der Waals surface area (Å²) in [4.78, 5) is 0. The molecule has 0 spiro atoms. The predicted molar refractivity (Wildman–Crippen MR) is 49.3 cm³/mol. The lowest BCUT2D eigenvalue weighted by Crippen LogP contribution is -1.87. The van der Waals surface area contributed by atoms with E-state index in [9.17, 15) is 0 Å². The highest BCUT2D eigenvalue weighted by atomic mass is 16.5. The summed E-state index contributed by atoms with van der Waals surface area (Å²) in [5.41, 5.74) is 2.25. The van der Waals surface area contributed by atoms with E-state index in [2.05, 4.69) is 4.65 Å². The molecule has 0 aromatic heterocycles. The summed E-state index contributed by atoms with van der Waals surface area (Å²) in [7, 11) is 0.645. The van der Waals surface area contributed by atoms with E-state index in [1.807, 2.05) is 31.2 Å². The fourth-order valence-corrected chi connectivity index (χ4v) is 0.927. The highest BCUT2D eigenvalue weighted by molar-refractivity contribution is 6.16. The first-order valence-electron chi connectivity index (χ1n) is 3.67. The van der Waals surface area contributed by atoms with Gasteiger partial charge in [-0.25, -0.2) is 0 Å². The number of hydrogen-bond acceptors (Lipinski definition) is 2. The van der Waals surface area contributed by atoms with Gasteiger partial charge in [0.15, 0.2) is 0 Å². The largest absolute Gasteiger partial charge is 0.569 e. The van der Waals surface area contributed by atoms with Crippen molar-refractivity contribution in [1.29, 1.82) is 0 Å². The van der Waals surface area contributed by atoms with Crippen LogP contribution in [0.3, 0.4) is 0 Å². The van der Waals surface area contributed by atoms with Crippen LogP contribution >= 0.6 is 0 Å². The van der Waals surface area contributed by atoms with Crippen LogP contribution in [0.1, 0.15) is 11.1 Å². The Kier molecular flexibility index (Phi) is 3.42. The molecule has 0 atom stereocenters. The maximum absolute atomic E-state index is 8.20. The highest BCUT2D eigenvalue weighted by Gasteiger charge is 1.86.